The predicted molar refractivity (Wildman–Crippen MR) is 114 cm³/mol. The van der Waals surface area contributed by atoms with Crippen molar-refractivity contribution in [2.24, 2.45) is 0 Å². The first-order valence-electron chi connectivity index (χ1n) is 10.1. The van der Waals surface area contributed by atoms with Crippen molar-refractivity contribution in [1.29, 1.82) is 5.26 Å². The van der Waals surface area contributed by atoms with E-state index in [4.69, 9.17) is 9.47 Å². The minimum Gasteiger partial charge on any atom is -0.484 e. The summed E-state index contributed by atoms with van der Waals surface area (Å²) in [6, 6.07) is 6.55. The Morgan fingerprint density at radius 1 is 1.17 bits per heavy atom. The summed E-state index contributed by atoms with van der Waals surface area (Å²) < 4.78 is 12.7. The molecule has 35 heavy (non-hydrogen) atoms. The lowest BCUT2D eigenvalue weighted by atomic mass is 9.85. The number of benzene rings is 1. The Balaban J connectivity index is 2.25. The minimum atomic E-state index is -1.14. The molecule has 0 aliphatic carbocycles. The van der Waals surface area contributed by atoms with Crippen LogP contribution < -0.4 is 10.3 Å². The van der Waals surface area contributed by atoms with Gasteiger partial charge in [0.1, 0.15) is 30.6 Å². The van der Waals surface area contributed by atoms with Gasteiger partial charge in [-0.05, 0) is 43.2 Å². The zero-order chi connectivity index (χ0) is 25.9. The van der Waals surface area contributed by atoms with Crippen LogP contribution in [-0.4, -0.2) is 32.4 Å². The van der Waals surface area contributed by atoms with Gasteiger partial charge in [0.2, 0.25) is 0 Å². The molecular weight excluding hydrogens is 468 g/mol. The van der Waals surface area contributed by atoms with E-state index in [9.17, 15) is 35.1 Å². The molecule has 3 rings (SSSR count). The third kappa shape index (κ3) is 5.46. The second kappa shape index (κ2) is 9.67. The summed E-state index contributed by atoms with van der Waals surface area (Å²) in [5.74, 6) is -0.323. The first-order chi connectivity index (χ1) is 16.4. The number of nitriles is 1. The summed E-state index contributed by atoms with van der Waals surface area (Å²) in [7, 11) is 0. The maximum absolute atomic E-state index is 13.2. The largest absolute Gasteiger partial charge is 0.484 e. The van der Waals surface area contributed by atoms with Gasteiger partial charge in [-0.3, -0.25) is 9.59 Å². The maximum Gasteiger partial charge on any atom is 0.303 e. The lowest BCUT2D eigenvalue weighted by Gasteiger charge is -2.44. The number of esters is 1. The van der Waals surface area contributed by atoms with Gasteiger partial charge in [0, 0.05) is 24.8 Å². The van der Waals surface area contributed by atoms with Gasteiger partial charge in [-0.1, -0.05) is 0 Å². The molecule has 14 heteroatoms. The molecule has 1 aromatic carbocycles. The number of hydrogen-bond donors (Lipinski definition) is 0. The summed E-state index contributed by atoms with van der Waals surface area (Å²) in [6.45, 7) is 3.19. The molecule has 184 valence electrons. The summed E-state index contributed by atoms with van der Waals surface area (Å²) in [4.78, 5) is 55.3. The van der Waals surface area contributed by atoms with Crippen molar-refractivity contribution in [3.8, 4) is 11.8 Å². The van der Waals surface area contributed by atoms with E-state index in [0.717, 1.165) is 10.6 Å². The molecule has 2 heterocycles. The zero-order valence-electron chi connectivity index (χ0n) is 18.8. The highest BCUT2D eigenvalue weighted by Crippen LogP contribution is 2.43. The fourth-order valence-corrected chi connectivity index (χ4v) is 3.86. The van der Waals surface area contributed by atoms with E-state index in [-0.39, 0.29) is 16.7 Å². The van der Waals surface area contributed by atoms with Crippen molar-refractivity contribution in [3.05, 3.63) is 83.3 Å². The lowest BCUT2D eigenvalue weighted by Crippen LogP contribution is -2.54. The van der Waals surface area contributed by atoms with Crippen LogP contribution in [0.15, 0.2) is 35.3 Å². The highest BCUT2D eigenvalue weighted by atomic mass is 17.0. The number of ether oxygens (including phenoxy) is 2. The van der Waals surface area contributed by atoms with E-state index in [1.807, 2.05) is 6.07 Å². The molecule has 0 radical (unpaired) electrons. The number of carbonyl (C=O) groups excluding carboxylic acids is 1. The average Bonchev–Trinajstić information content (AvgIpc) is 2.77. The van der Waals surface area contributed by atoms with Crippen LogP contribution in [0.1, 0.15) is 49.1 Å². The SMILES string of the molecule is CC(=O)O[C@H]1[C@H](n2cc(CO[N+](=O)[O-])c(CO[N+](=O)[O-])cc2=O)c2cc(C#N)ccc2OC1(C)C. The fourth-order valence-electron chi connectivity index (χ4n) is 3.86. The predicted octanol–water partition coefficient (Wildman–Crippen LogP) is 1.83. The highest BCUT2D eigenvalue weighted by molar-refractivity contribution is 5.66. The number of pyridine rings is 1. The number of rotatable bonds is 8. The monoisotopic (exact) mass is 488 g/mol. The molecular formula is C21H20N4O10. The van der Waals surface area contributed by atoms with Crippen molar-refractivity contribution in [2.45, 2.75) is 51.7 Å². The smallest absolute Gasteiger partial charge is 0.303 e. The van der Waals surface area contributed by atoms with Crippen LogP contribution in [0.25, 0.3) is 0 Å². The molecule has 0 N–H and O–H groups in total. The van der Waals surface area contributed by atoms with Crippen LogP contribution in [0.4, 0.5) is 0 Å². The number of nitrogens with zero attached hydrogens (tertiary/aromatic N) is 4. The van der Waals surface area contributed by atoms with Crippen molar-refractivity contribution in [3.63, 3.8) is 0 Å². The topological polar surface area (TPSA) is 186 Å². The Morgan fingerprint density at radius 2 is 1.80 bits per heavy atom. The van der Waals surface area contributed by atoms with Gasteiger partial charge in [0.15, 0.2) is 6.10 Å². The molecule has 0 saturated heterocycles. The number of fused-ring (bicyclic) bond motifs is 1. The molecule has 0 spiro atoms. The standard InChI is InChI=1S/C21H20N4O10/c1-12(26)34-20-19(16-6-13(8-22)4-5-17(16)35-21(20,2)3)23-9-15(11-33-25(30)31)14(7-18(23)27)10-32-24(28)29/h4-7,9,19-20H,10-11H2,1-3H3/t19-,20+/m1/s1. The van der Waals surface area contributed by atoms with Crippen LogP contribution in [0.2, 0.25) is 0 Å². The van der Waals surface area contributed by atoms with Crippen molar-refractivity contribution in [1.82, 2.24) is 4.57 Å². The van der Waals surface area contributed by atoms with Crippen LogP contribution >= 0.6 is 0 Å². The van der Waals surface area contributed by atoms with Gasteiger partial charge >= 0.3 is 5.97 Å². The molecule has 1 aliphatic rings. The molecule has 2 aromatic rings. The van der Waals surface area contributed by atoms with E-state index in [1.54, 1.807) is 19.9 Å². The Kier molecular flexibility index (Phi) is 6.90. The summed E-state index contributed by atoms with van der Waals surface area (Å²) in [5.41, 5.74) is -1.17. The van der Waals surface area contributed by atoms with Gasteiger partial charge < -0.3 is 23.7 Å². The van der Waals surface area contributed by atoms with E-state index in [2.05, 4.69) is 9.68 Å². The quantitative estimate of drug-likeness (QED) is 0.300. The Morgan fingerprint density at radius 3 is 2.37 bits per heavy atom. The zero-order valence-corrected chi connectivity index (χ0v) is 18.8. The number of hydrogen-bond acceptors (Lipinski definition) is 11. The molecule has 14 nitrogen and oxygen atoms in total. The van der Waals surface area contributed by atoms with E-state index in [1.165, 1.54) is 25.3 Å². The molecule has 0 saturated carbocycles. The first kappa shape index (κ1) is 25.0. The Hall–Kier alpha value is -4.67. The summed E-state index contributed by atoms with van der Waals surface area (Å²) in [5, 5.41) is 28.7. The van der Waals surface area contributed by atoms with Crippen LogP contribution in [0.5, 0.6) is 5.75 Å². The molecule has 0 fully saturated rings. The normalized spacial score (nSPS) is 17.8. The minimum absolute atomic E-state index is 0.00819. The van der Waals surface area contributed by atoms with E-state index < -0.39 is 52.7 Å². The van der Waals surface area contributed by atoms with Gasteiger partial charge in [-0.15, -0.1) is 20.2 Å². The molecule has 1 aromatic heterocycles. The summed E-state index contributed by atoms with van der Waals surface area (Å²) in [6.07, 6.45) is 0.153. The third-order valence-corrected chi connectivity index (χ3v) is 5.31. The number of carbonyl (C=O) groups is 1. The first-order valence-corrected chi connectivity index (χ1v) is 10.1. The van der Waals surface area contributed by atoms with Crippen molar-refractivity contribution >= 4 is 5.97 Å². The van der Waals surface area contributed by atoms with Crippen molar-refractivity contribution in [2.75, 3.05) is 0 Å². The summed E-state index contributed by atoms with van der Waals surface area (Å²) >= 11 is 0. The second-order valence-corrected chi connectivity index (χ2v) is 8.11. The Bertz CT molecular complexity index is 1280. The second-order valence-electron chi connectivity index (χ2n) is 8.11. The molecule has 1 aliphatic heterocycles. The average molecular weight is 488 g/mol. The van der Waals surface area contributed by atoms with E-state index >= 15 is 0 Å². The number of aromatic nitrogens is 1. The highest BCUT2D eigenvalue weighted by Gasteiger charge is 2.47. The van der Waals surface area contributed by atoms with E-state index in [0.29, 0.717) is 11.3 Å². The lowest BCUT2D eigenvalue weighted by molar-refractivity contribution is -0.764. The van der Waals surface area contributed by atoms with Gasteiger partial charge in [0.05, 0.1) is 11.6 Å². The van der Waals surface area contributed by atoms with Crippen LogP contribution in [0.3, 0.4) is 0 Å². The molecule has 0 unspecified atom stereocenters. The maximum atomic E-state index is 13.2. The van der Waals surface area contributed by atoms with Gasteiger partial charge in [-0.25, -0.2) is 0 Å². The van der Waals surface area contributed by atoms with Crippen LogP contribution in [0, 0.1) is 31.6 Å². The van der Waals surface area contributed by atoms with Gasteiger partial charge in [0.25, 0.3) is 15.7 Å². The van der Waals surface area contributed by atoms with Crippen molar-refractivity contribution < 1.29 is 34.1 Å². The molecule has 0 bridgehead atoms. The molecule has 0 amide bonds. The molecule has 2 atom stereocenters. The third-order valence-electron chi connectivity index (χ3n) is 5.31. The van der Waals surface area contributed by atoms with Gasteiger partial charge in [-0.2, -0.15) is 5.26 Å². The Labute approximate surface area is 197 Å². The fraction of sp³-hybridized carbons (Fsp3) is 0.381. The van der Waals surface area contributed by atoms with Crippen LogP contribution in [-0.2, 0) is 32.4 Å².